The zero-order valence-electron chi connectivity index (χ0n) is 12.5. The molecule has 0 saturated heterocycles. The number of allylic oxidation sites excluding steroid dienone is 3. The van der Waals surface area contributed by atoms with Crippen LogP contribution in [0.5, 0.6) is 0 Å². The van der Waals surface area contributed by atoms with Crippen molar-refractivity contribution in [2.75, 3.05) is 5.73 Å². The van der Waals surface area contributed by atoms with Gasteiger partial charge in [0, 0.05) is 16.9 Å². The summed E-state index contributed by atoms with van der Waals surface area (Å²) in [6.45, 7) is 8.54. The Morgan fingerprint density at radius 3 is 2.47 bits per heavy atom. The third kappa shape index (κ3) is 3.88. The molecule has 0 aliphatic rings. The lowest BCUT2D eigenvalue weighted by molar-refractivity contribution is 0.843. The Balaban J connectivity index is 3.18. The average molecular weight is 258 g/mol. The molecule has 0 aromatic heterocycles. The lowest BCUT2D eigenvalue weighted by Gasteiger charge is -2.14. The molecule has 1 aromatic carbocycles. The Bertz CT molecular complexity index is 482. The first-order valence-corrected chi connectivity index (χ1v) is 7.03. The SMILES string of the molecule is C/C=C(\N)c1ccc(/C(=C/CCC)C(C)C)cc1N. The van der Waals surface area contributed by atoms with E-state index in [1.54, 1.807) is 0 Å². The van der Waals surface area contributed by atoms with Crippen molar-refractivity contribution >= 4 is 17.0 Å². The Morgan fingerprint density at radius 1 is 1.32 bits per heavy atom. The number of nitrogens with two attached hydrogens (primary N) is 2. The van der Waals surface area contributed by atoms with E-state index in [4.69, 9.17) is 11.5 Å². The number of anilines is 1. The number of benzene rings is 1. The van der Waals surface area contributed by atoms with Gasteiger partial charge in [0.2, 0.25) is 0 Å². The minimum absolute atomic E-state index is 0.496. The topological polar surface area (TPSA) is 52.0 Å². The van der Waals surface area contributed by atoms with Gasteiger partial charge in [-0.2, -0.15) is 0 Å². The fraction of sp³-hybridized carbons (Fsp3) is 0.412. The van der Waals surface area contributed by atoms with Crippen LogP contribution in [0.2, 0.25) is 0 Å². The number of hydrogen-bond donors (Lipinski definition) is 2. The molecule has 2 nitrogen and oxygen atoms in total. The lowest BCUT2D eigenvalue weighted by Crippen LogP contribution is -2.02. The van der Waals surface area contributed by atoms with Gasteiger partial charge in [0.15, 0.2) is 0 Å². The zero-order chi connectivity index (χ0) is 14.4. The second kappa shape index (κ2) is 7.03. The summed E-state index contributed by atoms with van der Waals surface area (Å²) in [7, 11) is 0. The van der Waals surface area contributed by atoms with Crippen LogP contribution in [0, 0.1) is 5.92 Å². The van der Waals surface area contributed by atoms with E-state index < -0.39 is 0 Å². The third-order valence-corrected chi connectivity index (χ3v) is 3.28. The highest BCUT2D eigenvalue weighted by molar-refractivity contribution is 5.78. The maximum atomic E-state index is 6.12. The molecular formula is C17H26N2. The number of hydrogen-bond acceptors (Lipinski definition) is 2. The van der Waals surface area contributed by atoms with Crippen LogP contribution in [0.25, 0.3) is 11.3 Å². The molecule has 2 heteroatoms. The van der Waals surface area contributed by atoms with Crippen molar-refractivity contribution in [3.05, 3.63) is 41.5 Å². The molecule has 0 amide bonds. The van der Waals surface area contributed by atoms with E-state index in [1.165, 1.54) is 11.1 Å². The van der Waals surface area contributed by atoms with Crippen molar-refractivity contribution in [3.63, 3.8) is 0 Å². The molecule has 0 radical (unpaired) electrons. The largest absolute Gasteiger partial charge is 0.398 e. The monoisotopic (exact) mass is 258 g/mol. The summed E-state index contributed by atoms with van der Waals surface area (Å²) in [4.78, 5) is 0. The van der Waals surface area contributed by atoms with E-state index in [-0.39, 0.29) is 0 Å². The third-order valence-electron chi connectivity index (χ3n) is 3.28. The lowest BCUT2D eigenvalue weighted by atomic mass is 9.92. The van der Waals surface area contributed by atoms with E-state index in [1.807, 2.05) is 25.1 Å². The second-order valence-corrected chi connectivity index (χ2v) is 5.15. The molecule has 104 valence electrons. The normalized spacial score (nSPS) is 13.1. The summed E-state index contributed by atoms with van der Waals surface area (Å²) in [6.07, 6.45) is 6.46. The Labute approximate surface area is 117 Å². The van der Waals surface area contributed by atoms with Crippen LogP contribution in [0.15, 0.2) is 30.4 Å². The number of unbranched alkanes of at least 4 members (excludes halogenated alkanes) is 1. The van der Waals surface area contributed by atoms with Gasteiger partial charge in [0.05, 0.1) is 0 Å². The smallest absolute Gasteiger partial charge is 0.0414 e. The summed E-state index contributed by atoms with van der Waals surface area (Å²) in [5, 5.41) is 0. The molecule has 0 bridgehead atoms. The zero-order valence-corrected chi connectivity index (χ0v) is 12.5. The first-order valence-electron chi connectivity index (χ1n) is 7.03. The summed E-state index contributed by atoms with van der Waals surface area (Å²) in [5.74, 6) is 0.496. The van der Waals surface area contributed by atoms with Gasteiger partial charge in [-0.05, 0) is 36.5 Å². The minimum atomic E-state index is 0.496. The molecule has 19 heavy (non-hydrogen) atoms. The molecule has 0 fully saturated rings. The molecular weight excluding hydrogens is 232 g/mol. The van der Waals surface area contributed by atoms with Crippen LogP contribution in [0.3, 0.4) is 0 Å². The van der Waals surface area contributed by atoms with Crippen LogP contribution in [-0.2, 0) is 0 Å². The van der Waals surface area contributed by atoms with Crippen molar-refractivity contribution in [1.82, 2.24) is 0 Å². The van der Waals surface area contributed by atoms with Crippen LogP contribution >= 0.6 is 0 Å². The standard InChI is InChI=1S/C17H26N2/c1-5-7-8-14(12(3)4)13-9-10-15(16(18)6-2)17(19)11-13/h6,8-12H,5,7,18-19H2,1-4H3/b14-8+,16-6-. The fourth-order valence-corrected chi connectivity index (χ4v) is 2.15. The first kappa shape index (κ1) is 15.4. The average Bonchev–Trinajstić information content (AvgIpc) is 2.38. The van der Waals surface area contributed by atoms with Crippen LogP contribution in [0.1, 0.15) is 51.7 Å². The van der Waals surface area contributed by atoms with Crippen LogP contribution < -0.4 is 11.5 Å². The maximum Gasteiger partial charge on any atom is 0.0414 e. The van der Waals surface area contributed by atoms with Crippen LogP contribution in [-0.4, -0.2) is 0 Å². The highest BCUT2D eigenvalue weighted by Gasteiger charge is 2.09. The summed E-state index contributed by atoms with van der Waals surface area (Å²) < 4.78 is 0. The number of nitrogen functional groups attached to an aromatic ring is 1. The summed E-state index contributed by atoms with van der Waals surface area (Å²) >= 11 is 0. The van der Waals surface area contributed by atoms with Crippen molar-refractivity contribution in [3.8, 4) is 0 Å². The van der Waals surface area contributed by atoms with Crippen molar-refractivity contribution in [1.29, 1.82) is 0 Å². The Hall–Kier alpha value is -1.70. The van der Waals surface area contributed by atoms with Gasteiger partial charge in [0.25, 0.3) is 0 Å². The molecule has 1 aromatic rings. The Kier molecular flexibility index (Phi) is 5.68. The van der Waals surface area contributed by atoms with Crippen LogP contribution in [0.4, 0.5) is 5.69 Å². The number of rotatable bonds is 5. The van der Waals surface area contributed by atoms with E-state index in [2.05, 4.69) is 32.9 Å². The molecule has 0 heterocycles. The van der Waals surface area contributed by atoms with Gasteiger partial charge in [-0.3, -0.25) is 0 Å². The highest BCUT2D eigenvalue weighted by Crippen LogP contribution is 2.28. The van der Waals surface area contributed by atoms with Gasteiger partial charge in [-0.15, -0.1) is 0 Å². The van der Waals surface area contributed by atoms with E-state index >= 15 is 0 Å². The predicted octanol–water partition coefficient (Wildman–Crippen LogP) is 4.43. The molecule has 0 saturated carbocycles. The first-order chi connectivity index (χ1) is 9.01. The van der Waals surface area contributed by atoms with Gasteiger partial charge < -0.3 is 11.5 Å². The van der Waals surface area contributed by atoms with Gasteiger partial charge >= 0.3 is 0 Å². The quantitative estimate of drug-likeness (QED) is 0.768. The highest BCUT2D eigenvalue weighted by atomic mass is 14.6. The maximum absolute atomic E-state index is 6.12. The second-order valence-electron chi connectivity index (χ2n) is 5.15. The van der Waals surface area contributed by atoms with Gasteiger partial charge in [-0.1, -0.05) is 51.5 Å². The Morgan fingerprint density at radius 2 is 2.00 bits per heavy atom. The molecule has 0 aliphatic heterocycles. The van der Waals surface area contributed by atoms with Gasteiger partial charge in [-0.25, -0.2) is 0 Å². The van der Waals surface area contributed by atoms with E-state index in [0.29, 0.717) is 5.92 Å². The van der Waals surface area contributed by atoms with Gasteiger partial charge in [0.1, 0.15) is 0 Å². The molecule has 0 unspecified atom stereocenters. The molecule has 1 rings (SSSR count). The van der Waals surface area contributed by atoms with E-state index in [9.17, 15) is 0 Å². The van der Waals surface area contributed by atoms with Crippen molar-refractivity contribution in [2.45, 2.75) is 40.5 Å². The molecule has 4 N–H and O–H groups in total. The van der Waals surface area contributed by atoms with E-state index in [0.717, 1.165) is 29.8 Å². The minimum Gasteiger partial charge on any atom is -0.398 e. The van der Waals surface area contributed by atoms with Crippen molar-refractivity contribution < 1.29 is 0 Å². The summed E-state index contributed by atoms with van der Waals surface area (Å²) in [5.41, 5.74) is 17.0. The molecule has 0 atom stereocenters. The molecule has 0 spiro atoms. The predicted molar refractivity (Wildman–Crippen MR) is 86.4 cm³/mol. The summed E-state index contributed by atoms with van der Waals surface area (Å²) in [6, 6.07) is 6.17. The fourth-order valence-electron chi connectivity index (χ4n) is 2.15. The van der Waals surface area contributed by atoms with Crippen molar-refractivity contribution in [2.24, 2.45) is 11.7 Å². The molecule has 0 aliphatic carbocycles.